The number of para-hydroxylation sites is 1. The summed E-state index contributed by atoms with van der Waals surface area (Å²) in [7, 11) is 0. The maximum Gasteiger partial charge on any atom is 0.328 e. The van der Waals surface area contributed by atoms with Gasteiger partial charge in [0.15, 0.2) is 0 Å². The topological polar surface area (TPSA) is 93.2 Å². The molecule has 1 atom stereocenters. The fourth-order valence-electron chi connectivity index (χ4n) is 3.36. The molecule has 0 radical (unpaired) electrons. The molecule has 3 aromatic rings. The number of aromatic nitrogens is 2. The zero-order valence-corrected chi connectivity index (χ0v) is 14.8. The number of carbonyl (C=O) groups is 1. The monoisotopic (exact) mass is 365 g/mol. The maximum absolute atomic E-state index is 12.5. The molecule has 1 aliphatic heterocycles. The van der Waals surface area contributed by atoms with Crippen molar-refractivity contribution in [1.29, 1.82) is 0 Å². The molecule has 0 saturated heterocycles. The molecule has 7 nitrogen and oxygen atoms in total. The zero-order valence-electron chi connectivity index (χ0n) is 14.8. The molecule has 0 fully saturated rings. The molecule has 2 aromatic carbocycles. The summed E-state index contributed by atoms with van der Waals surface area (Å²) >= 11 is 0. The van der Waals surface area contributed by atoms with Crippen molar-refractivity contribution in [3.05, 3.63) is 74.4 Å². The van der Waals surface area contributed by atoms with Crippen LogP contribution in [0, 0.1) is 0 Å². The summed E-state index contributed by atoms with van der Waals surface area (Å²) in [6, 6.07) is 12.5. The Bertz CT molecular complexity index is 1120. The number of nitrogens with one attached hydrogen (secondary N) is 2. The van der Waals surface area contributed by atoms with Crippen LogP contribution in [-0.2, 0) is 13.0 Å². The van der Waals surface area contributed by atoms with Crippen LogP contribution >= 0.6 is 0 Å². The van der Waals surface area contributed by atoms with E-state index in [9.17, 15) is 14.4 Å². The zero-order chi connectivity index (χ0) is 19.0. The molecule has 4 rings (SSSR count). The molecule has 0 bridgehead atoms. The minimum atomic E-state index is -0.482. The van der Waals surface area contributed by atoms with Crippen molar-refractivity contribution < 1.29 is 9.53 Å². The van der Waals surface area contributed by atoms with E-state index in [0.29, 0.717) is 23.0 Å². The number of amides is 1. The molecule has 1 aromatic heterocycles. The van der Waals surface area contributed by atoms with Crippen molar-refractivity contribution in [1.82, 2.24) is 14.9 Å². The molecule has 2 N–H and O–H groups in total. The first-order valence-corrected chi connectivity index (χ1v) is 8.86. The number of hydrogen-bond donors (Lipinski definition) is 2. The van der Waals surface area contributed by atoms with Crippen LogP contribution in [0.4, 0.5) is 0 Å². The van der Waals surface area contributed by atoms with E-state index in [0.717, 1.165) is 22.3 Å². The minimum Gasteiger partial charge on any atom is -0.488 e. The Balaban J connectivity index is 1.50. The molecule has 0 unspecified atom stereocenters. The molecule has 7 heteroatoms. The Labute approximate surface area is 154 Å². The molecule has 0 saturated carbocycles. The van der Waals surface area contributed by atoms with E-state index in [1.807, 2.05) is 24.3 Å². The molecular weight excluding hydrogens is 346 g/mol. The lowest BCUT2D eigenvalue weighted by molar-refractivity contribution is 0.0933. The van der Waals surface area contributed by atoms with Gasteiger partial charge in [-0.25, -0.2) is 4.79 Å². The van der Waals surface area contributed by atoms with Gasteiger partial charge in [-0.2, -0.15) is 0 Å². The molecule has 1 amide bonds. The second-order valence-electron chi connectivity index (χ2n) is 6.50. The fourth-order valence-corrected chi connectivity index (χ4v) is 3.36. The van der Waals surface area contributed by atoms with Crippen LogP contribution in [0.15, 0.2) is 52.1 Å². The Morgan fingerprint density at radius 1 is 1.26 bits per heavy atom. The highest BCUT2D eigenvalue weighted by Gasteiger charge is 2.23. The highest BCUT2D eigenvalue weighted by atomic mass is 16.5. The van der Waals surface area contributed by atoms with Crippen LogP contribution in [0.3, 0.4) is 0 Å². The Hall–Kier alpha value is -3.35. The van der Waals surface area contributed by atoms with E-state index < -0.39 is 5.69 Å². The average molecular weight is 365 g/mol. The van der Waals surface area contributed by atoms with Crippen LogP contribution in [-0.4, -0.2) is 28.1 Å². The van der Waals surface area contributed by atoms with Gasteiger partial charge in [-0.3, -0.25) is 14.2 Å². The van der Waals surface area contributed by atoms with Gasteiger partial charge in [-0.15, -0.1) is 0 Å². The van der Waals surface area contributed by atoms with Gasteiger partial charge in [0.1, 0.15) is 11.9 Å². The smallest absolute Gasteiger partial charge is 0.328 e. The maximum atomic E-state index is 12.5. The summed E-state index contributed by atoms with van der Waals surface area (Å²) < 4.78 is 6.94. The van der Waals surface area contributed by atoms with Gasteiger partial charge in [-0.1, -0.05) is 18.2 Å². The normalized spacial score (nSPS) is 15.4. The number of benzene rings is 2. The van der Waals surface area contributed by atoms with Crippen LogP contribution < -0.4 is 21.3 Å². The minimum absolute atomic E-state index is 0.108. The van der Waals surface area contributed by atoms with E-state index in [1.54, 1.807) is 19.1 Å². The fraction of sp³-hybridized carbons (Fsp3) is 0.250. The SMILES string of the molecule is CCn1c(=O)[nH]c2cc(C(=O)NC[C@@H]3Cc4ccccc4O3)ccc2c1=O. The lowest BCUT2D eigenvalue weighted by Gasteiger charge is -2.12. The van der Waals surface area contributed by atoms with Crippen LogP contribution in [0.25, 0.3) is 10.9 Å². The van der Waals surface area contributed by atoms with Crippen molar-refractivity contribution in [2.75, 3.05) is 6.54 Å². The molecule has 0 spiro atoms. The number of fused-ring (bicyclic) bond motifs is 2. The van der Waals surface area contributed by atoms with Crippen LogP contribution in [0.1, 0.15) is 22.8 Å². The first-order chi connectivity index (χ1) is 13.1. The van der Waals surface area contributed by atoms with Gasteiger partial charge in [0, 0.05) is 18.5 Å². The van der Waals surface area contributed by atoms with E-state index >= 15 is 0 Å². The first-order valence-electron chi connectivity index (χ1n) is 8.86. The molecular formula is C20H19N3O4. The molecule has 2 heterocycles. The van der Waals surface area contributed by atoms with Gasteiger partial charge in [-0.05, 0) is 36.8 Å². The largest absolute Gasteiger partial charge is 0.488 e. The summed E-state index contributed by atoms with van der Waals surface area (Å²) in [5, 5.41) is 3.23. The molecule has 1 aliphatic rings. The lowest BCUT2D eigenvalue weighted by Crippen LogP contribution is -2.35. The molecule has 138 valence electrons. The Morgan fingerprint density at radius 3 is 2.85 bits per heavy atom. The number of aromatic amines is 1. The quantitative estimate of drug-likeness (QED) is 0.732. The van der Waals surface area contributed by atoms with E-state index in [-0.39, 0.29) is 24.1 Å². The Morgan fingerprint density at radius 2 is 2.07 bits per heavy atom. The predicted molar refractivity (Wildman–Crippen MR) is 101 cm³/mol. The summed E-state index contributed by atoms with van der Waals surface area (Å²) in [5.41, 5.74) is 1.02. The van der Waals surface area contributed by atoms with Gasteiger partial charge < -0.3 is 15.0 Å². The van der Waals surface area contributed by atoms with Crippen molar-refractivity contribution in [2.24, 2.45) is 0 Å². The van der Waals surface area contributed by atoms with Gasteiger partial charge in [0.05, 0.1) is 17.4 Å². The third kappa shape index (κ3) is 3.12. The highest BCUT2D eigenvalue weighted by molar-refractivity contribution is 5.97. The van der Waals surface area contributed by atoms with Crippen LogP contribution in [0.2, 0.25) is 0 Å². The van der Waals surface area contributed by atoms with Crippen molar-refractivity contribution in [3.8, 4) is 5.75 Å². The number of hydrogen-bond acceptors (Lipinski definition) is 4. The number of rotatable bonds is 4. The van der Waals surface area contributed by atoms with E-state index in [4.69, 9.17) is 4.74 Å². The molecule has 0 aliphatic carbocycles. The Kier molecular flexibility index (Phi) is 4.27. The van der Waals surface area contributed by atoms with E-state index in [2.05, 4.69) is 10.3 Å². The average Bonchev–Trinajstić information content (AvgIpc) is 3.09. The second-order valence-corrected chi connectivity index (χ2v) is 6.50. The van der Waals surface area contributed by atoms with Gasteiger partial charge >= 0.3 is 5.69 Å². The third-order valence-electron chi connectivity index (χ3n) is 4.76. The number of ether oxygens (including phenoxy) is 1. The standard InChI is InChI=1S/C20H19N3O4/c1-2-23-19(25)15-8-7-13(10-16(15)22-20(23)26)18(24)21-11-14-9-12-5-3-4-6-17(12)27-14/h3-8,10,14H,2,9,11H2,1H3,(H,21,24)(H,22,26)/t14-/m0/s1. The second kappa shape index (κ2) is 6.75. The summed E-state index contributed by atoms with van der Waals surface area (Å²) in [5.74, 6) is 0.573. The first kappa shape index (κ1) is 17.1. The van der Waals surface area contributed by atoms with Crippen molar-refractivity contribution in [3.63, 3.8) is 0 Å². The van der Waals surface area contributed by atoms with Crippen molar-refractivity contribution in [2.45, 2.75) is 26.0 Å². The molecule has 27 heavy (non-hydrogen) atoms. The number of nitrogens with zero attached hydrogens (tertiary/aromatic N) is 1. The van der Waals surface area contributed by atoms with Gasteiger partial charge in [0.2, 0.25) is 0 Å². The van der Waals surface area contributed by atoms with Crippen molar-refractivity contribution >= 4 is 16.8 Å². The van der Waals surface area contributed by atoms with E-state index in [1.165, 1.54) is 6.07 Å². The summed E-state index contributed by atoms with van der Waals surface area (Å²) in [4.78, 5) is 39.4. The van der Waals surface area contributed by atoms with Crippen LogP contribution in [0.5, 0.6) is 5.75 Å². The third-order valence-corrected chi connectivity index (χ3v) is 4.76. The number of carbonyl (C=O) groups excluding carboxylic acids is 1. The summed E-state index contributed by atoms with van der Waals surface area (Å²) in [6.45, 7) is 2.39. The van der Waals surface area contributed by atoms with Gasteiger partial charge in [0.25, 0.3) is 11.5 Å². The highest BCUT2D eigenvalue weighted by Crippen LogP contribution is 2.27. The lowest BCUT2D eigenvalue weighted by atomic mass is 10.1. The predicted octanol–water partition coefficient (Wildman–Crippen LogP) is 1.44. The summed E-state index contributed by atoms with van der Waals surface area (Å²) in [6.07, 6.45) is 0.640. The number of H-pyrrole nitrogens is 1.